The number of rotatable bonds is 4. The Morgan fingerprint density at radius 1 is 0.719 bits per heavy atom. The Morgan fingerprint density at radius 3 is 1.81 bits per heavy atom. The van der Waals surface area contributed by atoms with Crippen LogP contribution in [0.5, 0.6) is 0 Å². The molecule has 5 heteroatoms. The topological polar surface area (TPSA) is 35.6 Å². The average molecular weight is 606 g/mol. The van der Waals surface area contributed by atoms with Crippen LogP contribution in [0.15, 0.2) is 54.6 Å². The van der Waals surface area contributed by atoms with Crippen LogP contribution >= 0.6 is 0 Å². The molecule has 0 amide bonds. The molecule has 0 bridgehead atoms. The maximum absolute atomic E-state index is 4.99. The van der Waals surface area contributed by atoms with E-state index in [1.807, 2.05) is 35.0 Å². The van der Waals surface area contributed by atoms with Crippen molar-refractivity contribution in [3.05, 3.63) is 83.7 Å². The number of nitrogens with zero attached hydrogens (tertiary/aromatic N) is 4. The third-order valence-electron chi connectivity index (χ3n) is 5.74. The van der Waals surface area contributed by atoms with Gasteiger partial charge in [-0.2, -0.15) is 0 Å². The van der Waals surface area contributed by atoms with Crippen molar-refractivity contribution in [3.8, 4) is 22.5 Å². The van der Waals surface area contributed by atoms with Gasteiger partial charge in [-0.25, -0.2) is 10.2 Å². The summed E-state index contributed by atoms with van der Waals surface area (Å²) in [6, 6.07) is 25.1. The summed E-state index contributed by atoms with van der Waals surface area (Å²) in [5, 5.41) is 9.91. The summed E-state index contributed by atoms with van der Waals surface area (Å²) >= 11 is 0. The van der Waals surface area contributed by atoms with Crippen molar-refractivity contribution in [3.63, 3.8) is 0 Å². The molecule has 4 rings (SSSR count). The van der Waals surface area contributed by atoms with Gasteiger partial charge in [-0.3, -0.25) is 9.36 Å². The summed E-state index contributed by atoms with van der Waals surface area (Å²) in [7, 11) is 0. The van der Waals surface area contributed by atoms with Crippen LogP contribution in [0.3, 0.4) is 0 Å². The monoisotopic (exact) mass is 605 g/mol. The second kappa shape index (κ2) is 8.82. The molecule has 0 aliphatic carbocycles. The zero-order valence-electron chi connectivity index (χ0n) is 19.8. The normalized spacial score (nSPS) is 12.0. The quantitative estimate of drug-likeness (QED) is 0.261. The van der Waals surface area contributed by atoms with E-state index in [1.54, 1.807) is 0 Å². The Balaban J connectivity index is 0.00000289. The van der Waals surface area contributed by atoms with Crippen LogP contribution in [0.4, 0.5) is 0 Å². The first-order chi connectivity index (χ1) is 14.6. The largest absolute Gasteiger partial charge is 2.00 e. The molecule has 0 saturated heterocycles. The zero-order valence-corrected chi connectivity index (χ0v) is 22.1. The molecule has 168 valence electrons. The molecule has 4 aromatic rings. The second-order valence-electron chi connectivity index (χ2n) is 9.68. The van der Waals surface area contributed by atoms with E-state index in [1.165, 1.54) is 5.56 Å². The van der Waals surface area contributed by atoms with Gasteiger partial charge in [-0.15, -0.1) is 71.3 Å². The number of aryl methyl sites for hydroxylation is 2. The van der Waals surface area contributed by atoms with Gasteiger partial charge >= 0.3 is 21.1 Å². The minimum absolute atomic E-state index is 0. The molecule has 2 aromatic heterocycles. The summed E-state index contributed by atoms with van der Waals surface area (Å²) in [5.41, 5.74) is 6.90. The minimum Gasteiger partial charge on any atom is -0.252 e. The van der Waals surface area contributed by atoms with Crippen molar-refractivity contribution >= 4 is 0 Å². The van der Waals surface area contributed by atoms with Crippen LogP contribution in [-0.2, 0) is 32.1 Å². The maximum atomic E-state index is 4.99. The van der Waals surface area contributed by atoms with Crippen LogP contribution in [0.2, 0.25) is 0 Å². The predicted molar refractivity (Wildman–Crippen MR) is 126 cm³/mol. The molecule has 32 heavy (non-hydrogen) atoms. The van der Waals surface area contributed by atoms with Gasteiger partial charge in [0.25, 0.3) is 0 Å². The van der Waals surface area contributed by atoms with Crippen molar-refractivity contribution in [2.75, 3.05) is 0 Å². The first-order valence-corrected chi connectivity index (χ1v) is 10.7. The molecular formula is C27H30N4Pt. The number of hydrogen-bond acceptors (Lipinski definition) is 2. The Kier molecular flexibility index (Phi) is 6.67. The Hall–Kier alpha value is -2.45. The second-order valence-corrected chi connectivity index (χ2v) is 9.68. The summed E-state index contributed by atoms with van der Waals surface area (Å²) in [6.07, 6.45) is 0. The molecule has 2 aromatic carbocycles. The molecule has 0 radical (unpaired) electrons. The predicted octanol–water partition coefficient (Wildman–Crippen LogP) is 6.17. The first kappa shape index (κ1) is 24.2. The fourth-order valence-electron chi connectivity index (χ4n) is 4.04. The van der Waals surface area contributed by atoms with Crippen molar-refractivity contribution < 1.29 is 21.1 Å². The summed E-state index contributed by atoms with van der Waals surface area (Å²) < 4.78 is 4.10. The van der Waals surface area contributed by atoms with Gasteiger partial charge in [0.15, 0.2) is 0 Å². The molecular weight excluding hydrogens is 575 g/mol. The molecule has 0 spiro atoms. The van der Waals surface area contributed by atoms with E-state index in [2.05, 4.69) is 89.5 Å². The molecule has 0 atom stereocenters. The van der Waals surface area contributed by atoms with E-state index in [0.717, 1.165) is 33.9 Å². The van der Waals surface area contributed by atoms with Crippen LogP contribution in [0, 0.1) is 26.0 Å². The van der Waals surface area contributed by atoms with Gasteiger partial charge in [0, 0.05) is 22.8 Å². The van der Waals surface area contributed by atoms with Crippen LogP contribution in [-0.4, -0.2) is 19.6 Å². The molecule has 0 fully saturated rings. The fourth-order valence-corrected chi connectivity index (χ4v) is 4.04. The third kappa shape index (κ3) is 4.52. The van der Waals surface area contributed by atoms with Crippen molar-refractivity contribution in [1.82, 2.24) is 19.6 Å². The van der Waals surface area contributed by atoms with Gasteiger partial charge in [-0.05, 0) is 33.1 Å². The van der Waals surface area contributed by atoms with Crippen LogP contribution in [0.25, 0.3) is 22.5 Å². The standard InChI is InChI=1S/C27H30N4.Pt/c1-19-16-24(21-12-9-8-10-13-21)28-30(19)27(6,7)31-20(2)17-25(29-31)22-14-11-15-23(18-22)26(3,4)5;/h8-12,15-18H,1-7H3;/q-2;+2. The van der Waals surface area contributed by atoms with Crippen LogP contribution < -0.4 is 0 Å². The van der Waals surface area contributed by atoms with Crippen molar-refractivity contribution in [2.45, 2.75) is 59.5 Å². The van der Waals surface area contributed by atoms with E-state index in [4.69, 9.17) is 10.2 Å². The van der Waals surface area contributed by atoms with Gasteiger partial charge in [-0.1, -0.05) is 32.9 Å². The van der Waals surface area contributed by atoms with Crippen molar-refractivity contribution in [2.24, 2.45) is 0 Å². The van der Waals surface area contributed by atoms with E-state index in [0.29, 0.717) is 0 Å². The first-order valence-electron chi connectivity index (χ1n) is 10.7. The van der Waals surface area contributed by atoms with E-state index in [9.17, 15) is 0 Å². The summed E-state index contributed by atoms with van der Waals surface area (Å²) in [6.45, 7) is 15.1. The summed E-state index contributed by atoms with van der Waals surface area (Å²) in [5.74, 6) is 0. The zero-order chi connectivity index (χ0) is 22.4. The maximum Gasteiger partial charge on any atom is 2.00 e. The van der Waals surface area contributed by atoms with Gasteiger partial charge < -0.3 is 0 Å². The molecule has 0 aliphatic heterocycles. The van der Waals surface area contributed by atoms with E-state index in [-0.39, 0.29) is 26.5 Å². The smallest absolute Gasteiger partial charge is 0.252 e. The molecule has 2 heterocycles. The van der Waals surface area contributed by atoms with Gasteiger partial charge in [0.1, 0.15) is 5.66 Å². The Morgan fingerprint density at radius 2 is 1.28 bits per heavy atom. The summed E-state index contributed by atoms with van der Waals surface area (Å²) in [4.78, 5) is 0. The molecule has 4 nitrogen and oxygen atoms in total. The molecule has 0 saturated carbocycles. The number of aromatic nitrogens is 4. The molecule has 0 aliphatic rings. The van der Waals surface area contributed by atoms with Gasteiger partial charge in [0.2, 0.25) is 0 Å². The minimum atomic E-state index is -0.471. The van der Waals surface area contributed by atoms with Gasteiger partial charge in [0.05, 0.1) is 0 Å². The van der Waals surface area contributed by atoms with E-state index < -0.39 is 5.66 Å². The van der Waals surface area contributed by atoms with E-state index >= 15 is 0 Å². The fraction of sp³-hybridized carbons (Fsp3) is 0.333. The molecule has 0 N–H and O–H groups in total. The SMILES string of the molecule is Cc1cc(-c2[c-]cccc2)nn1C(C)(C)n1nc(-c2[c-]ccc(C(C)(C)C)c2)cc1C.[Pt+2]. The van der Waals surface area contributed by atoms with Crippen molar-refractivity contribution in [1.29, 1.82) is 0 Å². The van der Waals surface area contributed by atoms with Crippen LogP contribution in [0.1, 0.15) is 51.6 Å². The molecule has 0 unspecified atom stereocenters. The number of benzene rings is 2. The Bertz CT molecular complexity index is 1210. The third-order valence-corrected chi connectivity index (χ3v) is 5.74. The number of hydrogen-bond donors (Lipinski definition) is 0. The average Bonchev–Trinajstić information content (AvgIpc) is 3.32. The Labute approximate surface area is 205 Å².